The summed E-state index contributed by atoms with van der Waals surface area (Å²) in [5.41, 5.74) is 8.73. The summed E-state index contributed by atoms with van der Waals surface area (Å²) in [6.45, 7) is 0.134. The SMILES string of the molecule is CN(C(=O)CNc1ccc(Cl)c(C(N)=O)c1)[C@@H]1CCCc2ccccc21. The maximum atomic E-state index is 12.7. The Labute approximate surface area is 158 Å². The van der Waals surface area contributed by atoms with Crippen molar-refractivity contribution in [1.29, 1.82) is 0 Å². The van der Waals surface area contributed by atoms with E-state index in [1.54, 1.807) is 23.1 Å². The molecule has 5 nitrogen and oxygen atoms in total. The predicted molar refractivity (Wildman–Crippen MR) is 103 cm³/mol. The van der Waals surface area contributed by atoms with E-state index in [0.717, 1.165) is 19.3 Å². The molecule has 3 N–H and O–H groups in total. The molecule has 0 bridgehead atoms. The van der Waals surface area contributed by atoms with Gasteiger partial charge in [-0.25, -0.2) is 0 Å². The van der Waals surface area contributed by atoms with Gasteiger partial charge in [0.15, 0.2) is 0 Å². The minimum atomic E-state index is -0.596. The monoisotopic (exact) mass is 371 g/mol. The fourth-order valence-corrected chi connectivity index (χ4v) is 3.64. The molecule has 0 saturated carbocycles. The van der Waals surface area contributed by atoms with Crippen molar-refractivity contribution in [3.05, 3.63) is 64.2 Å². The third-order valence-corrected chi connectivity index (χ3v) is 5.20. The van der Waals surface area contributed by atoms with Crippen molar-refractivity contribution in [3.63, 3.8) is 0 Å². The Kier molecular flexibility index (Phi) is 5.47. The molecule has 0 radical (unpaired) electrons. The number of amides is 2. The number of aryl methyl sites for hydroxylation is 1. The van der Waals surface area contributed by atoms with Crippen LogP contribution in [0.3, 0.4) is 0 Å². The van der Waals surface area contributed by atoms with Crippen LogP contribution in [0.25, 0.3) is 0 Å². The Morgan fingerprint density at radius 3 is 2.81 bits per heavy atom. The van der Waals surface area contributed by atoms with Gasteiger partial charge in [0, 0.05) is 12.7 Å². The molecule has 3 rings (SSSR count). The third kappa shape index (κ3) is 3.83. The van der Waals surface area contributed by atoms with Crippen molar-refractivity contribution in [2.75, 3.05) is 18.9 Å². The van der Waals surface area contributed by atoms with Crippen LogP contribution in [0.5, 0.6) is 0 Å². The maximum absolute atomic E-state index is 12.7. The number of carbonyl (C=O) groups excluding carboxylic acids is 2. The molecular formula is C20H22ClN3O2. The zero-order valence-corrected chi connectivity index (χ0v) is 15.4. The van der Waals surface area contributed by atoms with E-state index in [2.05, 4.69) is 17.4 Å². The van der Waals surface area contributed by atoms with Gasteiger partial charge < -0.3 is 16.0 Å². The highest BCUT2D eigenvalue weighted by molar-refractivity contribution is 6.33. The van der Waals surface area contributed by atoms with Crippen LogP contribution in [0, 0.1) is 0 Å². The molecule has 0 fully saturated rings. The first-order valence-electron chi connectivity index (χ1n) is 8.64. The number of hydrogen-bond donors (Lipinski definition) is 2. The first kappa shape index (κ1) is 18.3. The first-order valence-corrected chi connectivity index (χ1v) is 9.02. The number of nitrogens with zero attached hydrogens (tertiary/aromatic N) is 1. The van der Waals surface area contributed by atoms with Gasteiger partial charge in [0.1, 0.15) is 0 Å². The molecule has 0 saturated heterocycles. The molecule has 6 heteroatoms. The minimum absolute atomic E-state index is 0.0118. The Hall–Kier alpha value is -2.53. The largest absolute Gasteiger partial charge is 0.376 e. The normalized spacial score (nSPS) is 15.8. The molecule has 1 atom stereocenters. The number of nitrogens with two attached hydrogens (primary N) is 1. The second-order valence-corrected chi connectivity index (χ2v) is 6.93. The molecule has 0 aromatic heterocycles. The first-order chi connectivity index (χ1) is 12.5. The lowest BCUT2D eigenvalue weighted by Gasteiger charge is -2.33. The van der Waals surface area contributed by atoms with Crippen molar-refractivity contribution in [3.8, 4) is 0 Å². The van der Waals surface area contributed by atoms with E-state index >= 15 is 0 Å². The zero-order chi connectivity index (χ0) is 18.7. The van der Waals surface area contributed by atoms with E-state index in [0.29, 0.717) is 10.7 Å². The van der Waals surface area contributed by atoms with E-state index in [1.807, 2.05) is 19.2 Å². The minimum Gasteiger partial charge on any atom is -0.376 e. The van der Waals surface area contributed by atoms with E-state index in [-0.39, 0.29) is 24.1 Å². The van der Waals surface area contributed by atoms with Gasteiger partial charge in [0.05, 0.1) is 23.2 Å². The summed E-state index contributed by atoms with van der Waals surface area (Å²) in [5, 5.41) is 3.35. The van der Waals surface area contributed by atoms with Gasteiger partial charge >= 0.3 is 0 Å². The number of fused-ring (bicyclic) bond motifs is 1. The highest BCUT2D eigenvalue weighted by atomic mass is 35.5. The lowest BCUT2D eigenvalue weighted by molar-refractivity contribution is -0.130. The molecular weight excluding hydrogens is 350 g/mol. The van der Waals surface area contributed by atoms with Crippen LogP contribution >= 0.6 is 11.6 Å². The van der Waals surface area contributed by atoms with Crippen molar-refractivity contribution >= 4 is 29.1 Å². The number of likely N-dealkylation sites (N-methyl/N-ethyl adjacent to an activating group) is 1. The molecule has 1 aliphatic carbocycles. The summed E-state index contributed by atoms with van der Waals surface area (Å²) in [6.07, 6.45) is 3.10. The van der Waals surface area contributed by atoms with Crippen LogP contribution in [-0.2, 0) is 11.2 Å². The van der Waals surface area contributed by atoms with Crippen LogP contribution in [0.4, 0.5) is 5.69 Å². The summed E-state index contributed by atoms with van der Waals surface area (Å²) < 4.78 is 0. The van der Waals surface area contributed by atoms with Gasteiger partial charge in [-0.3, -0.25) is 9.59 Å². The van der Waals surface area contributed by atoms with Crippen LogP contribution in [0.15, 0.2) is 42.5 Å². The van der Waals surface area contributed by atoms with Gasteiger partial charge in [-0.2, -0.15) is 0 Å². The third-order valence-electron chi connectivity index (χ3n) is 4.87. The molecule has 0 spiro atoms. The van der Waals surface area contributed by atoms with Crippen LogP contribution in [0.2, 0.25) is 5.02 Å². The van der Waals surface area contributed by atoms with E-state index < -0.39 is 5.91 Å². The molecule has 2 aromatic carbocycles. The number of primary amides is 1. The highest BCUT2D eigenvalue weighted by Crippen LogP contribution is 2.33. The van der Waals surface area contributed by atoms with Crippen LogP contribution in [0.1, 0.15) is 40.4 Å². The predicted octanol–water partition coefficient (Wildman–Crippen LogP) is 3.39. The molecule has 2 aromatic rings. The summed E-state index contributed by atoms with van der Waals surface area (Å²) in [4.78, 5) is 25.8. The Morgan fingerprint density at radius 2 is 2.04 bits per heavy atom. The lowest BCUT2D eigenvalue weighted by Crippen LogP contribution is -2.37. The summed E-state index contributed by atoms with van der Waals surface area (Å²) in [6, 6.07) is 13.3. The lowest BCUT2D eigenvalue weighted by atomic mass is 9.87. The number of benzene rings is 2. The molecule has 0 aliphatic heterocycles. The van der Waals surface area contributed by atoms with Crippen molar-refractivity contribution in [1.82, 2.24) is 4.90 Å². The van der Waals surface area contributed by atoms with Crippen LogP contribution < -0.4 is 11.1 Å². The Bertz CT molecular complexity index is 838. The number of nitrogens with one attached hydrogen (secondary N) is 1. The Balaban J connectivity index is 1.68. The fraction of sp³-hybridized carbons (Fsp3) is 0.300. The molecule has 136 valence electrons. The molecule has 1 aliphatic rings. The van der Waals surface area contributed by atoms with Gasteiger partial charge in [0.2, 0.25) is 11.8 Å². The zero-order valence-electron chi connectivity index (χ0n) is 14.7. The van der Waals surface area contributed by atoms with Crippen molar-refractivity contribution in [2.45, 2.75) is 25.3 Å². The molecule has 0 unspecified atom stereocenters. The van der Waals surface area contributed by atoms with E-state index in [4.69, 9.17) is 17.3 Å². The van der Waals surface area contributed by atoms with Crippen LogP contribution in [-0.4, -0.2) is 30.3 Å². The second-order valence-electron chi connectivity index (χ2n) is 6.52. The average Bonchev–Trinajstić information content (AvgIpc) is 2.65. The maximum Gasteiger partial charge on any atom is 0.250 e. The van der Waals surface area contributed by atoms with Crippen molar-refractivity contribution in [2.24, 2.45) is 5.73 Å². The quantitative estimate of drug-likeness (QED) is 0.845. The van der Waals surface area contributed by atoms with Gasteiger partial charge in [0.25, 0.3) is 0 Å². The van der Waals surface area contributed by atoms with Gasteiger partial charge in [-0.1, -0.05) is 35.9 Å². The van der Waals surface area contributed by atoms with E-state index in [9.17, 15) is 9.59 Å². The summed E-state index contributed by atoms with van der Waals surface area (Å²) >= 11 is 5.95. The topological polar surface area (TPSA) is 75.4 Å². The summed E-state index contributed by atoms with van der Waals surface area (Å²) in [5.74, 6) is -0.608. The number of rotatable bonds is 5. The molecule has 0 heterocycles. The van der Waals surface area contributed by atoms with Crippen molar-refractivity contribution < 1.29 is 9.59 Å². The summed E-state index contributed by atoms with van der Waals surface area (Å²) in [7, 11) is 1.84. The molecule has 26 heavy (non-hydrogen) atoms. The fourth-order valence-electron chi connectivity index (χ4n) is 3.43. The number of anilines is 1. The second kappa shape index (κ2) is 7.79. The number of hydrogen-bond acceptors (Lipinski definition) is 3. The van der Waals surface area contributed by atoms with Gasteiger partial charge in [-0.15, -0.1) is 0 Å². The standard InChI is InChI=1S/C20H22ClN3O2/c1-24(18-8-4-6-13-5-2-3-7-15(13)18)19(25)12-23-14-9-10-17(21)16(11-14)20(22)26/h2-3,5,7,9-11,18,23H,4,6,8,12H2,1H3,(H2,22,26)/t18-/m1/s1. The Morgan fingerprint density at radius 1 is 1.27 bits per heavy atom. The van der Waals surface area contributed by atoms with Gasteiger partial charge in [-0.05, 0) is 48.6 Å². The molecule has 2 amide bonds. The number of carbonyl (C=O) groups is 2. The van der Waals surface area contributed by atoms with E-state index in [1.165, 1.54) is 11.1 Å². The highest BCUT2D eigenvalue weighted by Gasteiger charge is 2.26. The average molecular weight is 372 g/mol. The smallest absolute Gasteiger partial charge is 0.250 e. The number of halogens is 1.